The number of Topliss-reactive ketones (excluding diaryl/α,β-unsaturated/α-hetero) is 1. The Morgan fingerprint density at radius 3 is 2.20 bits per heavy atom. The molecule has 0 aliphatic heterocycles. The minimum absolute atomic E-state index is 0.0587. The molecule has 0 unspecified atom stereocenters. The zero-order valence-electron chi connectivity index (χ0n) is 17.1. The van der Waals surface area contributed by atoms with Crippen LogP contribution in [-0.2, 0) is 15.5 Å². The van der Waals surface area contributed by atoms with Crippen molar-refractivity contribution in [2.24, 2.45) is 0 Å². The predicted octanol–water partition coefficient (Wildman–Crippen LogP) is 3.59. The SMILES string of the molecule is COc1cc2c(cc1OC)C(=O)/C(=C/c1cc(C)c(OCOP(=O)(O)O)c(C)c1)C2. The number of carbonyl (C=O) groups excluding carboxylic acids is 1. The predicted molar refractivity (Wildman–Crippen MR) is 110 cm³/mol. The maximum Gasteiger partial charge on any atom is 0.472 e. The summed E-state index contributed by atoms with van der Waals surface area (Å²) in [7, 11) is -1.52. The second-order valence-corrected chi connectivity index (χ2v) is 8.14. The number of phosphoric ester groups is 1. The molecule has 3 rings (SSSR count). The number of phosphoric acid groups is 1. The van der Waals surface area contributed by atoms with Crippen molar-refractivity contribution in [3.8, 4) is 17.2 Å². The average Bonchev–Trinajstić information content (AvgIpc) is 2.96. The van der Waals surface area contributed by atoms with Gasteiger partial charge in [-0.2, -0.15) is 0 Å². The van der Waals surface area contributed by atoms with Crippen LogP contribution in [0, 0.1) is 13.8 Å². The number of hydrogen-bond donors (Lipinski definition) is 2. The quantitative estimate of drug-likeness (QED) is 0.386. The molecule has 0 spiro atoms. The molecule has 0 heterocycles. The van der Waals surface area contributed by atoms with Crippen molar-refractivity contribution >= 4 is 19.7 Å². The van der Waals surface area contributed by atoms with Gasteiger partial charge in [-0.1, -0.05) is 0 Å². The van der Waals surface area contributed by atoms with Gasteiger partial charge in [-0.25, -0.2) is 9.09 Å². The lowest BCUT2D eigenvalue weighted by Crippen LogP contribution is -2.04. The van der Waals surface area contributed by atoms with Gasteiger partial charge in [-0.05, 0) is 66.4 Å². The van der Waals surface area contributed by atoms with Crippen LogP contribution in [0.4, 0.5) is 0 Å². The summed E-state index contributed by atoms with van der Waals surface area (Å²) in [5.41, 5.74) is 4.46. The monoisotopic (exact) mass is 434 g/mol. The summed E-state index contributed by atoms with van der Waals surface area (Å²) in [6, 6.07) is 7.20. The number of benzene rings is 2. The van der Waals surface area contributed by atoms with Gasteiger partial charge in [0.1, 0.15) is 5.75 Å². The summed E-state index contributed by atoms with van der Waals surface area (Å²) in [4.78, 5) is 30.4. The summed E-state index contributed by atoms with van der Waals surface area (Å²) >= 11 is 0. The van der Waals surface area contributed by atoms with Crippen molar-refractivity contribution in [2.45, 2.75) is 20.3 Å². The number of allylic oxidation sites excluding steroid dienone is 1. The Kier molecular flexibility index (Phi) is 6.33. The molecule has 9 heteroatoms. The number of aryl methyl sites for hydroxylation is 2. The van der Waals surface area contributed by atoms with E-state index in [1.807, 2.05) is 38.1 Å². The summed E-state index contributed by atoms with van der Waals surface area (Å²) in [5, 5.41) is 0. The van der Waals surface area contributed by atoms with Crippen LogP contribution in [0.25, 0.3) is 6.08 Å². The Morgan fingerprint density at radius 1 is 1.03 bits per heavy atom. The van der Waals surface area contributed by atoms with Gasteiger partial charge in [-0.3, -0.25) is 4.79 Å². The molecular formula is C21H23O8P. The van der Waals surface area contributed by atoms with Gasteiger partial charge in [0, 0.05) is 17.6 Å². The number of rotatable bonds is 7. The molecule has 0 saturated heterocycles. The molecule has 2 N–H and O–H groups in total. The Labute approximate surface area is 174 Å². The first-order chi connectivity index (χ1) is 14.1. The van der Waals surface area contributed by atoms with Gasteiger partial charge >= 0.3 is 7.82 Å². The highest BCUT2D eigenvalue weighted by atomic mass is 31.2. The Hall–Kier alpha value is -2.64. The minimum Gasteiger partial charge on any atom is -0.493 e. The third kappa shape index (κ3) is 4.74. The molecule has 2 aromatic carbocycles. The number of ketones is 1. The van der Waals surface area contributed by atoms with E-state index >= 15 is 0 Å². The molecule has 30 heavy (non-hydrogen) atoms. The number of carbonyl (C=O) groups is 1. The highest BCUT2D eigenvalue weighted by Crippen LogP contribution is 2.38. The van der Waals surface area contributed by atoms with E-state index in [-0.39, 0.29) is 5.78 Å². The third-order valence-corrected chi connectivity index (χ3v) is 5.22. The van der Waals surface area contributed by atoms with Gasteiger partial charge < -0.3 is 24.0 Å². The maximum atomic E-state index is 12.9. The van der Waals surface area contributed by atoms with Gasteiger partial charge in [0.2, 0.25) is 0 Å². The number of fused-ring (bicyclic) bond motifs is 1. The van der Waals surface area contributed by atoms with E-state index in [1.165, 1.54) is 7.11 Å². The van der Waals surface area contributed by atoms with E-state index in [0.29, 0.717) is 34.8 Å². The first-order valence-electron chi connectivity index (χ1n) is 9.07. The molecule has 0 amide bonds. The topological polar surface area (TPSA) is 112 Å². The largest absolute Gasteiger partial charge is 0.493 e. The van der Waals surface area contributed by atoms with E-state index in [1.54, 1.807) is 13.2 Å². The van der Waals surface area contributed by atoms with Gasteiger partial charge in [0.15, 0.2) is 24.1 Å². The number of hydrogen-bond acceptors (Lipinski definition) is 6. The van der Waals surface area contributed by atoms with Crippen LogP contribution < -0.4 is 14.2 Å². The normalized spacial score (nSPS) is 14.7. The molecule has 1 aliphatic rings. The van der Waals surface area contributed by atoms with Gasteiger partial charge in [0.25, 0.3) is 0 Å². The molecule has 0 fully saturated rings. The average molecular weight is 434 g/mol. The molecule has 0 aromatic heterocycles. The minimum atomic E-state index is -4.60. The second-order valence-electron chi connectivity index (χ2n) is 6.91. The third-order valence-electron chi connectivity index (χ3n) is 4.77. The number of ether oxygens (including phenoxy) is 3. The van der Waals surface area contributed by atoms with Crippen molar-refractivity contribution in [2.75, 3.05) is 21.0 Å². The van der Waals surface area contributed by atoms with Crippen LogP contribution >= 0.6 is 7.82 Å². The van der Waals surface area contributed by atoms with Crippen LogP contribution in [-0.4, -0.2) is 36.6 Å². The van der Waals surface area contributed by atoms with Crippen LogP contribution in [0.15, 0.2) is 29.8 Å². The van der Waals surface area contributed by atoms with E-state index < -0.39 is 14.6 Å². The first-order valence-corrected chi connectivity index (χ1v) is 10.6. The fourth-order valence-electron chi connectivity index (χ4n) is 3.50. The summed E-state index contributed by atoms with van der Waals surface area (Å²) in [5.74, 6) is 1.50. The first kappa shape index (κ1) is 22.1. The standard InChI is InChI=1S/C21H23O8P/c1-12-5-14(6-13(2)21(12)28-11-29-30(23,24)25)7-16-8-15-9-18(26-3)19(27-4)10-17(15)20(16)22/h5-7,9-10H,8,11H2,1-4H3,(H2,23,24,25)/b16-7+. The maximum absolute atomic E-state index is 12.9. The summed E-state index contributed by atoms with van der Waals surface area (Å²) in [6.45, 7) is 3.05. The lowest BCUT2D eigenvalue weighted by molar-refractivity contribution is 0.0818. The van der Waals surface area contributed by atoms with Crippen molar-refractivity contribution in [1.82, 2.24) is 0 Å². The molecule has 1 aliphatic carbocycles. The molecule has 0 saturated carbocycles. The van der Waals surface area contributed by atoms with Crippen LogP contribution in [0.1, 0.15) is 32.6 Å². The highest BCUT2D eigenvalue weighted by Gasteiger charge is 2.27. The van der Waals surface area contributed by atoms with Crippen molar-refractivity contribution in [3.05, 3.63) is 57.7 Å². The summed E-state index contributed by atoms with van der Waals surface area (Å²) in [6.07, 6.45) is 2.32. The van der Waals surface area contributed by atoms with E-state index in [4.69, 9.17) is 24.0 Å². The van der Waals surface area contributed by atoms with E-state index in [9.17, 15) is 9.36 Å². The summed E-state index contributed by atoms with van der Waals surface area (Å²) < 4.78 is 31.1. The fourth-order valence-corrected chi connectivity index (χ4v) is 3.69. The molecule has 8 nitrogen and oxygen atoms in total. The second kappa shape index (κ2) is 8.62. The smallest absolute Gasteiger partial charge is 0.472 e. The van der Waals surface area contributed by atoms with Crippen LogP contribution in [0.2, 0.25) is 0 Å². The molecular weight excluding hydrogens is 411 g/mol. The number of methoxy groups -OCH3 is 2. The highest BCUT2D eigenvalue weighted by molar-refractivity contribution is 7.46. The van der Waals surface area contributed by atoms with Gasteiger partial charge in [0.05, 0.1) is 14.2 Å². The lowest BCUT2D eigenvalue weighted by Gasteiger charge is -2.13. The zero-order valence-corrected chi connectivity index (χ0v) is 18.0. The van der Waals surface area contributed by atoms with Crippen molar-refractivity contribution in [3.63, 3.8) is 0 Å². The van der Waals surface area contributed by atoms with Crippen molar-refractivity contribution < 1.29 is 37.9 Å². The molecule has 2 aromatic rings. The lowest BCUT2D eigenvalue weighted by atomic mass is 10.0. The van der Waals surface area contributed by atoms with E-state index in [2.05, 4.69) is 4.52 Å². The fraction of sp³-hybridized carbons (Fsp3) is 0.286. The van der Waals surface area contributed by atoms with Gasteiger partial charge in [-0.15, -0.1) is 0 Å². The molecule has 0 atom stereocenters. The molecule has 0 bridgehead atoms. The Morgan fingerprint density at radius 2 is 1.63 bits per heavy atom. The van der Waals surface area contributed by atoms with Crippen LogP contribution in [0.5, 0.6) is 17.2 Å². The molecule has 0 radical (unpaired) electrons. The Bertz CT molecular complexity index is 1040. The van der Waals surface area contributed by atoms with Crippen LogP contribution in [0.3, 0.4) is 0 Å². The molecule has 160 valence electrons. The zero-order chi connectivity index (χ0) is 22.1. The van der Waals surface area contributed by atoms with E-state index in [0.717, 1.165) is 22.3 Å². The Balaban J connectivity index is 1.85. The van der Waals surface area contributed by atoms with Crippen molar-refractivity contribution in [1.29, 1.82) is 0 Å².